The number of nitrogens with zero attached hydrogens (tertiary/aromatic N) is 1. The minimum absolute atomic E-state index is 0.232. The summed E-state index contributed by atoms with van der Waals surface area (Å²) in [6.07, 6.45) is 2.79. The molecule has 1 aliphatic heterocycles. The summed E-state index contributed by atoms with van der Waals surface area (Å²) in [6, 6.07) is 19.3. The SMILES string of the molecule is O=C1CC(N[C@@H]2C[C@H]2c2ccccc2)CCN1CCOc1ccc(Br)cc1. The van der Waals surface area contributed by atoms with E-state index in [9.17, 15) is 4.79 Å². The van der Waals surface area contributed by atoms with E-state index >= 15 is 0 Å². The fraction of sp³-hybridized carbons (Fsp3) is 0.409. The Bertz CT molecular complexity index is 766. The first-order chi connectivity index (χ1) is 13.2. The highest BCUT2D eigenvalue weighted by molar-refractivity contribution is 9.10. The molecule has 0 radical (unpaired) electrons. The van der Waals surface area contributed by atoms with Gasteiger partial charge in [0.05, 0.1) is 6.54 Å². The van der Waals surface area contributed by atoms with Gasteiger partial charge in [-0.15, -0.1) is 0 Å². The minimum atomic E-state index is 0.232. The number of ether oxygens (including phenoxy) is 1. The molecule has 0 spiro atoms. The summed E-state index contributed by atoms with van der Waals surface area (Å²) in [5, 5.41) is 3.70. The van der Waals surface area contributed by atoms with Crippen LogP contribution in [0.2, 0.25) is 0 Å². The molecule has 2 aromatic carbocycles. The lowest BCUT2D eigenvalue weighted by molar-refractivity contribution is -0.134. The Morgan fingerprint density at radius 2 is 1.89 bits per heavy atom. The number of hydrogen-bond acceptors (Lipinski definition) is 3. The van der Waals surface area contributed by atoms with Crippen molar-refractivity contribution in [1.82, 2.24) is 10.2 Å². The summed E-state index contributed by atoms with van der Waals surface area (Å²) < 4.78 is 6.78. The minimum Gasteiger partial charge on any atom is -0.492 e. The summed E-state index contributed by atoms with van der Waals surface area (Å²) >= 11 is 3.41. The predicted molar refractivity (Wildman–Crippen MR) is 110 cm³/mol. The summed E-state index contributed by atoms with van der Waals surface area (Å²) in [5.74, 6) is 1.68. The Balaban J connectivity index is 1.18. The highest BCUT2D eigenvalue weighted by Gasteiger charge is 2.40. The number of carbonyl (C=O) groups is 1. The van der Waals surface area contributed by atoms with Crippen molar-refractivity contribution in [2.45, 2.75) is 37.3 Å². The second-order valence-electron chi connectivity index (χ2n) is 7.40. The van der Waals surface area contributed by atoms with Gasteiger partial charge in [-0.3, -0.25) is 4.79 Å². The average Bonchev–Trinajstić information content (AvgIpc) is 3.45. The molecule has 4 nitrogen and oxygen atoms in total. The van der Waals surface area contributed by atoms with Gasteiger partial charge in [-0.2, -0.15) is 0 Å². The first-order valence-corrected chi connectivity index (χ1v) is 10.5. The maximum atomic E-state index is 12.5. The van der Waals surface area contributed by atoms with E-state index in [1.54, 1.807) is 0 Å². The zero-order chi connectivity index (χ0) is 18.6. The molecule has 5 heteroatoms. The molecule has 1 saturated heterocycles. The molecular formula is C22H25BrN2O2. The van der Waals surface area contributed by atoms with Crippen LogP contribution in [-0.2, 0) is 4.79 Å². The van der Waals surface area contributed by atoms with Crippen LogP contribution in [0.15, 0.2) is 59.1 Å². The van der Waals surface area contributed by atoms with Crippen molar-refractivity contribution in [3.8, 4) is 5.75 Å². The predicted octanol–water partition coefficient (Wildman–Crippen LogP) is 3.96. The van der Waals surface area contributed by atoms with Gasteiger partial charge in [0.2, 0.25) is 5.91 Å². The van der Waals surface area contributed by atoms with E-state index in [0.29, 0.717) is 37.6 Å². The summed E-state index contributed by atoms with van der Waals surface area (Å²) in [6.45, 7) is 1.99. The van der Waals surface area contributed by atoms with Crippen molar-refractivity contribution in [1.29, 1.82) is 0 Å². The maximum absolute atomic E-state index is 12.5. The largest absolute Gasteiger partial charge is 0.492 e. The fourth-order valence-electron chi connectivity index (χ4n) is 3.81. The lowest BCUT2D eigenvalue weighted by atomic mass is 10.0. The molecule has 4 rings (SSSR count). The van der Waals surface area contributed by atoms with E-state index in [1.165, 1.54) is 12.0 Å². The lowest BCUT2D eigenvalue weighted by Gasteiger charge is -2.32. The topological polar surface area (TPSA) is 41.6 Å². The lowest BCUT2D eigenvalue weighted by Crippen LogP contribution is -2.47. The first kappa shape index (κ1) is 18.5. The van der Waals surface area contributed by atoms with E-state index in [4.69, 9.17) is 4.74 Å². The standard InChI is InChI=1S/C22H25BrN2O2/c23-17-6-8-19(9-7-17)27-13-12-25-11-10-18(14-22(25)26)24-21-15-20(21)16-4-2-1-3-5-16/h1-9,18,20-21,24H,10-15H2/t18?,20-,21+/m0/s1. The number of piperidine rings is 1. The quantitative estimate of drug-likeness (QED) is 0.725. The summed E-state index contributed by atoms with van der Waals surface area (Å²) in [5.41, 5.74) is 1.41. The molecule has 1 aliphatic carbocycles. The average molecular weight is 429 g/mol. The van der Waals surface area contributed by atoms with Gasteiger partial charge in [-0.1, -0.05) is 46.3 Å². The number of hydrogen-bond donors (Lipinski definition) is 1. The van der Waals surface area contributed by atoms with Gasteiger partial charge < -0.3 is 15.0 Å². The zero-order valence-electron chi connectivity index (χ0n) is 15.3. The number of rotatable bonds is 7. The van der Waals surface area contributed by atoms with Gasteiger partial charge in [-0.05, 0) is 42.7 Å². The van der Waals surface area contributed by atoms with E-state index in [2.05, 4.69) is 51.6 Å². The smallest absolute Gasteiger partial charge is 0.224 e. The number of amides is 1. The van der Waals surface area contributed by atoms with Crippen molar-refractivity contribution in [2.75, 3.05) is 19.7 Å². The molecule has 2 aliphatic rings. The fourth-order valence-corrected chi connectivity index (χ4v) is 4.08. The third-order valence-electron chi connectivity index (χ3n) is 5.43. The second-order valence-corrected chi connectivity index (χ2v) is 8.31. The van der Waals surface area contributed by atoms with Crippen LogP contribution < -0.4 is 10.1 Å². The first-order valence-electron chi connectivity index (χ1n) is 9.66. The highest BCUT2D eigenvalue weighted by Crippen LogP contribution is 2.41. The summed E-state index contributed by atoms with van der Waals surface area (Å²) in [7, 11) is 0. The van der Waals surface area contributed by atoms with Gasteiger partial charge in [0, 0.05) is 35.4 Å². The van der Waals surface area contributed by atoms with Crippen LogP contribution in [0.5, 0.6) is 5.75 Å². The molecule has 1 unspecified atom stereocenters. The van der Waals surface area contributed by atoms with Crippen LogP contribution in [0.3, 0.4) is 0 Å². The van der Waals surface area contributed by atoms with Crippen LogP contribution in [0, 0.1) is 0 Å². The van der Waals surface area contributed by atoms with Gasteiger partial charge in [0.25, 0.3) is 0 Å². The molecule has 2 aromatic rings. The normalized spacial score (nSPS) is 24.7. The third-order valence-corrected chi connectivity index (χ3v) is 5.96. The molecule has 1 amide bonds. The Hall–Kier alpha value is -1.85. The van der Waals surface area contributed by atoms with Gasteiger partial charge in [0.1, 0.15) is 12.4 Å². The van der Waals surface area contributed by atoms with Gasteiger partial charge in [-0.25, -0.2) is 0 Å². The van der Waals surface area contributed by atoms with Crippen LogP contribution in [0.25, 0.3) is 0 Å². The monoisotopic (exact) mass is 428 g/mol. The van der Waals surface area contributed by atoms with Gasteiger partial charge in [0.15, 0.2) is 0 Å². The zero-order valence-corrected chi connectivity index (χ0v) is 16.9. The number of carbonyl (C=O) groups excluding carboxylic acids is 1. The Labute approximate surface area is 169 Å². The van der Waals surface area contributed by atoms with Crippen LogP contribution >= 0.6 is 15.9 Å². The van der Waals surface area contributed by atoms with Crippen molar-refractivity contribution < 1.29 is 9.53 Å². The molecule has 1 N–H and O–H groups in total. The van der Waals surface area contributed by atoms with E-state index in [-0.39, 0.29) is 5.91 Å². The molecule has 3 atom stereocenters. The van der Waals surface area contributed by atoms with Gasteiger partial charge >= 0.3 is 0 Å². The number of likely N-dealkylation sites (tertiary alicyclic amines) is 1. The summed E-state index contributed by atoms with van der Waals surface area (Å²) in [4.78, 5) is 14.4. The maximum Gasteiger partial charge on any atom is 0.224 e. The molecule has 0 aromatic heterocycles. The molecule has 27 heavy (non-hydrogen) atoms. The Morgan fingerprint density at radius 1 is 1.11 bits per heavy atom. The van der Waals surface area contributed by atoms with E-state index in [0.717, 1.165) is 23.2 Å². The van der Waals surface area contributed by atoms with Crippen LogP contribution in [-0.4, -0.2) is 42.6 Å². The van der Waals surface area contributed by atoms with Crippen LogP contribution in [0.4, 0.5) is 0 Å². The Kier molecular flexibility index (Phi) is 5.79. The Morgan fingerprint density at radius 3 is 2.63 bits per heavy atom. The molecule has 142 valence electrons. The number of halogens is 1. The second kappa shape index (κ2) is 8.44. The number of nitrogens with one attached hydrogen (secondary N) is 1. The van der Waals surface area contributed by atoms with E-state index < -0.39 is 0 Å². The molecule has 1 heterocycles. The number of benzene rings is 2. The van der Waals surface area contributed by atoms with Crippen molar-refractivity contribution in [2.24, 2.45) is 0 Å². The molecule has 2 fully saturated rings. The molecule has 1 saturated carbocycles. The highest BCUT2D eigenvalue weighted by atomic mass is 79.9. The van der Waals surface area contributed by atoms with Crippen LogP contribution in [0.1, 0.15) is 30.7 Å². The van der Waals surface area contributed by atoms with E-state index in [1.807, 2.05) is 29.2 Å². The van der Waals surface area contributed by atoms with Crippen molar-refractivity contribution in [3.63, 3.8) is 0 Å². The third kappa shape index (κ3) is 4.90. The molecule has 0 bridgehead atoms. The van der Waals surface area contributed by atoms with Crippen molar-refractivity contribution in [3.05, 3.63) is 64.6 Å². The van der Waals surface area contributed by atoms with Crippen molar-refractivity contribution >= 4 is 21.8 Å². The molecular weight excluding hydrogens is 404 g/mol.